The summed E-state index contributed by atoms with van der Waals surface area (Å²) in [6.45, 7) is 3.17. The van der Waals surface area contributed by atoms with E-state index in [-0.39, 0.29) is 5.82 Å². The Morgan fingerprint density at radius 1 is 1.35 bits per heavy atom. The van der Waals surface area contributed by atoms with Gasteiger partial charge in [0, 0.05) is 35.1 Å². The molecule has 0 bridgehead atoms. The molecular weight excluding hydrogens is 253 g/mol. The molecule has 0 aliphatic carbocycles. The highest BCUT2D eigenvalue weighted by atomic mass is 32.2. The van der Waals surface area contributed by atoms with Gasteiger partial charge >= 0.3 is 0 Å². The lowest BCUT2D eigenvalue weighted by molar-refractivity contribution is 0.573. The standard InChI is InChI=1S/C13H18FNS2/c1-10(11-2-4-12(14)5-3-11)15-8-13-9-16-6-7-17-13/h2-5,10,13,15H,6-9H2,1H3. The van der Waals surface area contributed by atoms with Crippen LogP contribution in [0, 0.1) is 5.82 Å². The zero-order valence-corrected chi connectivity index (χ0v) is 11.6. The maximum absolute atomic E-state index is 12.8. The molecule has 0 spiro atoms. The first-order valence-electron chi connectivity index (χ1n) is 5.94. The molecule has 2 rings (SSSR count). The van der Waals surface area contributed by atoms with Crippen molar-refractivity contribution in [1.82, 2.24) is 5.32 Å². The van der Waals surface area contributed by atoms with Crippen LogP contribution in [0.1, 0.15) is 18.5 Å². The molecule has 1 nitrogen and oxygen atoms in total. The minimum Gasteiger partial charge on any atom is -0.309 e. The van der Waals surface area contributed by atoms with E-state index in [0.29, 0.717) is 6.04 Å². The Morgan fingerprint density at radius 2 is 2.12 bits per heavy atom. The number of benzene rings is 1. The highest BCUT2D eigenvalue weighted by molar-refractivity contribution is 8.06. The van der Waals surface area contributed by atoms with Gasteiger partial charge in [-0.05, 0) is 24.6 Å². The molecule has 1 aromatic carbocycles. The van der Waals surface area contributed by atoms with E-state index in [2.05, 4.69) is 24.0 Å². The predicted octanol–water partition coefficient (Wildman–Crippen LogP) is 3.32. The Bertz CT molecular complexity index is 336. The van der Waals surface area contributed by atoms with Gasteiger partial charge in [-0.1, -0.05) is 12.1 Å². The van der Waals surface area contributed by atoms with Gasteiger partial charge < -0.3 is 5.32 Å². The Balaban J connectivity index is 1.80. The van der Waals surface area contributed by atoms with Crippen molar-refractivity contribution >= 4 is 23.5 Å². The van der Waals surface area contributed by atoms with Crippen LogP contribution in [0.5, 0.6) is 0 Å². The minimum absolute atomic E-state index is 0.166. The Labute approximate surface area is 111 Å². The monoisotopic (exact) mass is 271 g/mol. The molecule has 1 aliphatic rings. The van der Waals surface area contributed by atoms with Crippen molar-refractivity contribution in [3.8, 4) is 0 Å². The van der Waals surface area contributed by atoms with Crippen molar-refractivity contribution in [1.29, 1.82) is 0 Å². The van der Waals surface area contributed by atoms with Crippen molar-refractivity contribution in [2.45, 2.75) is 18.2 Å². The summed E-state index contributed by atoms with van der Waals surface area (Å²) in [5.74, 6) is 3.63. The predicted molar refractivity (Wildman–Crippen MR) is 76.4 cm³/mol. The molecule has 4 heteroatoms. The molecule has 0 aromatic heterocycles. The Hall–Kier alpha value is -0.190. The summed E-state index contributed by atoms with van der Waals surface area (Å²) in [6, 6.07) is 7.06. The normalized spacial score (nSPS) is 22.4. The van der Waals surface area contributed by atoms with Crippen molar-refractivity contribution < 1.29 is 4.39 Å². The van der Waals surface area contributed by atoms with Gasteiger partial charge in [-0.25, -0.2) is 4.39 Å². The number of hydrogen-bond donors (Lipinski definition) is 1. The molecule has 0 saturated carbocycles. The summed E-state index contributed by atoms with van der Waals surface area (Å²) in [5, 5.41) is 4.25. The summed E-state index contributed by atoms with van der Waals surface area (Å²) in [6.07, 6.45) is 0. The lowest BCUT2D eigenvalue weighted by Gasteiger charge is -2.23. The Kier molecular flexibility index (Phi) is 5.19. The second kappa shape index (κ2) is 6.66. The maximum atomic E-state index is 12.8. The van der Waals surface area contributed by atoms with E-state index < -0.39 is 0 Å². The third-order valence-corrected chi connectivity index (χ3v) is 5.75. The third kappa shape index (κ3) is 4.19. The second-order valence-electron chi connectivity index (χ2n) is 4.25. The third-order valence-electron chi connectivity index (χ3n) is 2.91. The molecular formula is C13H18FNS2. The summed E-state index contributed by atoms with van der Waals surface area (Å²) < 4.78 is 12.8. The summed E-state index contributed by atoms with van der Waals surface area (Å²) in [4.78, 5) is 0. The topological polar surface area (TPSA) is 12.0 Å². The van der Waals surface area contributed by atoms with Crippen LogP contribution in [0.3, 0.4) is 0 Å². The van der Waals surface area contributed by atoms with Gasteiger partial charge in [0.1, 0.15) is 5.82 Å². The first-order chi connectivity index (χ1) is 8.25. The molecule has 1 aromatic rings. The average molecular weight is 271 g/mol. The number of nitrogens with one attached hydrogen (secondary N) is 1. The summed E-state index contributed by atoms with van der Waals surface area (Å²) >= 11 is 4.10. The van der Waals surface area contributed by atoms with E-state index >= 15 is 0 Å². The van der Waals surface area contributed by atoms with E-state index in [9.17, 15) is 4.39 Å². The lowest BCUT2D eigenvalue weighted by Crippen LogP contribution is -2.30. The zero-order valence-electron chi connectivity index (χ0n) is 9.99. The fourth-order valence-corrected chi connectivity index (χ4v) is 4.46. The smallest absolute Gasteiger partial charge is 0.123 e. The van der Waals surface area contributed by atoms with Gasteiger partial charge in [-0.2, -0.15) is 23.5 Å². The van der Waals surface area contributed by atoms with Gasteiger partial charge in [0.2, 0.25) is 0 Å². The van der Waals surface area contributed by atoms with Crippen molar-refractivity contribution in [3.05, 3.63) is 35.6 Å². The van der Waals surface area contributed by atoms with Crippen molar-refractivity contribution in [3.63, 3.8) is 0 Å². The minimum atomic E-state index is -0.166. The van der Waals surface area contributed by atoms with Crippen LogP contribution in [0.25, 0.3) is 0 Å². The Morgan fingerprint density at radius 3 is 2.76 bits per heavy atom. The van der Waals surface area contributed by atoms with Gasteiger partial charge in [-0.15, -0.1) is 0 Å². The molecule has 1 N–H and O–H groups in total. The molecule has 0 amide bonds. The number of rotatable bonds is 4. The number of halogens is 1. The first kappa shape index (κ1) is 13.2. The fourth-order valence-electron chi connectivity index (χ4n) is 1.83. The fraction of sp³-hybridized carbons (Fsp3) is 0.538. The van der Waals surface area contributed by atoms with Crippen LogP contribution in [0.4, 0.5) is 4.39 Å². The van der Waals surface area contributed by atoms with Crippen LogP contribution in [0.15, 0.2) is 24.3 Å². The lowest BCUT2D eigenvalue weighted by atomic mass is 10.1. The van der Waals surface area contributed by atoms with Crippen LogP contribution in [-0.2, 0) is 0 Å². The summed E-state index contributed by atoms with van der Waals surface area (Å²) in [5.41, 5.74) is 1.15. The van der Waals surface area contributed by atoms with E-state index in [1.54, 1.807) is 0 Å². The van der Waals surface area contributed by atoms with E-state index in [1.807, 2.05) is 23.9 Å². The van der Waals surface area contributed by atoms with Gasteiger partial charge in [0.15, 0.2) is 0 Å². The molecule has 1 aliphatic heterocycles. The molecule has 1 fully saturated rings. The maximum Gasteiger partial charge on any atom is 0.123 e. The molecule has 0 radical (unpaired) electrons. The molecule has 94 valence electrons. The zero-order chi connectivity index (χ0) is 12.1. The molecule has 1 saturated heterocycles. The molecule has 1 heterocycles. The van der Waals surface area contributed by atoms with E-state index in [4.69, 9.17) is 0 Å². The average Bonchev–Trinajstić information content (AvgIpc) is 2.38. The molecule has 17 heavy (non-hydrogen) atoms. The number of thioether (sulfide) groups is 2. The van der Waals surface area contributed by atoms with Crippen molar-refractivity contribution in [2.24, 2.45) is 0 Å². The molecule has 2 atom stereocenters. The second-order valence-corrected chi connectivity index (χ2v) is 6.81. The molecule has 2 unspecified atom stereocenters. The largest absolute Gasteiger partial charge is 0.309 e. The summed E-state index contributed by atoms with van der Waals surface area (Å²) in [7, 11) is 0. The highest BCUT2D eigenvalue weighted by Gasteiger charge is 2.15. The SMILES string of the molecule is CC(NCC1CSCCS1)c1ccc(F)cc1. The van der Waals surface area contributed by atoms with Gasteiger partial charge in [-0.3, -0.25) is 0 Å². The number of hydrogen-bond acceptors (Lipinski definition) is 3. The van der Waals surface area contributed by atoms with Gasteiger partial charge in [0.05, 0.1) is 0 Å². The van der Waals surface area contributed by atoms with Crippen LogP contribution in [-0.4, -0.2) is 29.1 Å². The van der Waals surface area contributed by atoms with E-state index in [1.165, 1.54) is 29.4 Å². The van der Waals surface area contributed by atoms with E-state index in [0.717, 1.165) is 17.4 Å². The van der Waals surface area contributed by atoms with Gasteiger partial charge in [0.25, 0.3) is 0 Å². The van der Waals surface area contributed by atoms with Crippen LogP contribution >= 0.6 is 23.5 Å². The first-order valence-corrected chi connectivity index (χ1v) is 8.14. The quantitative estimate of drug-likeness (QED) is 0.902. The highest BCUT2D eigenvalue weighted by Crippen LogP contribution is 2.24. The van der Waals surface area contributed by atoms with Crippen molar-refractivity contribution in [2.75, 3.05) is 23.8 Å². The van der Waals surface area contributed by atoms with Crippen LogP contribution < -0.4 is 5.32 Å². The van der Waals surface area contributed by atoms with Crippen LogP contribution in [0.2, 0.25) is 0 Å².